The Labute approximate surface area is 172 Å². The maximum absolute atomic E-state index is 13.1. The van der Waals surface area contributed by atoms with E-state index in [1.165, 1.54) is 0 Å². The largest absolute Gasteiger partial charge is 0.384 e. The molecule has 0 bridgehead atoms. The van der Waals surface area contributed by atoms with Gasteiger partial charge >= 0.3 is 0 Å². The first kappa shape index (κ1) is 22.4. The fourth-order valence-corrected chi connectivity index (χ4v) is 4.59. The first-order chi connectivity index (χ1) is 12.6. The predicted octanol–water partition coefficient (Wildman–Crippen LogP) is 2.94. The molecule has 27 heavy (non-hydrogen) atoms. The molecular formula is C20H30Cl2N2O3. The number of benzene rings is 1. The van der Waals surface area contributed by atoms with Gasteiger partial charge in [0.25, 0.3) is 0 Å². The van der Waals surface area contributed by atoms with E-state index in [9.17, 15) is 4.79 Å². The number of hydrogen-bond acceptors (Lipinski definition) is 4. The van der Waals surface area contributed by atoms with Crippen molar-refractivity contribution in [3.05, 3.63) is 34.9 Å². The number of ether oxygens (including phenoxy) is 2. The van der Waals surface area contributed by atoms with E-state index in [1.807, 2.05) is 18.2 Å². The van der Waals surface area contributed by atoms with Crippen LogP contribution < -0.4 is 10.6 Å². The first-order valence-corrected chi connectivity index (χ1v) is 9.80. The van der Waals surface area contributed by atoms with Gasteiger partial charge in [-0.05, 0) is 50.4 Å². The summed E-state index contributed by atoms with van der Waals surface area (Å²) in [5, 5.41) is 7.34. The van der Waals surface area contributed by atoms with Crippen LogP contribution in [0.2, 0.25) is 5.02 Å². The molecule has 0 atom stereocenters. The molecule has 3 rings (SSSR count). The maximum atomic E-state index is 13.1. The third-order valence-electron chi connectivity index (χ3n) is 5.95. The molecule has 152 valence electrons. The summed E-state index contributed by atoms with van der Waals surface area (Å²) in [5.41, 5.74) is 0.497. The van der Waals surface area contributed by atoms with Crippen LogP contribution in [-0.2, 0) is 19.7 Å². The molecule has 2 fully saturated rings. The van der Waals surface area contributed by atoms with E-state index in [0.29, 0.717) is 26.4 Å². The standard InChI is InChI=1S/C20H29ClN2O3.ClH/c1-25-15-20(6-10-22-11-7-20)18(24)23-14-19(8-12-26-13-9-19)16-4-2-3-5-17(16)21;/h2-5,22H,6-15H2,1H3,(H,23,24);1H. The zero-order valence-electron chi connectivity index (χ0n) is 15.9. The van der Waals surface area contributed by atoms with E-state index in [-0.39, 0.29) is 23.7 Å². The maximum Gasteiger partial charge on any atom is 0.228 e. The van der Waals surface area contributed by atoms with Crippen molar-refractivity contribution < 1.29 is 14.3 Å². The molecule has 1 aromatic rings. The number of methoxy groups -OCH3 is 1. The van der Waals surface area contributed by atoms with E-state index in [2.05, 4.69) is 16.7 Å². The topological polar surface area (TPSA) is 59.6 Å². The van der Waals surface area contributed by atoms with Crippen LogP contribution >= 0.6 is 24.0 Å². The van der Waals surface area contributed by atoms with Crippen molar-refractivity contribution in [3.8, 4) is 0 Å². The average Bonchev–Trinajstić information content (AvgIpc) is 2.68. The predicted molar refractivity (Wildman–Crippen MR) is 110 cm³/mol. The summed E-state index contributed by atoms with van der Waals surface area (Å²) < 4.78 is 11.0. The molecular weight excluding hydrogens is 387 g/mol. The van der Waals surface area contributed by atoms with E-state index in [4.69, 9.17) is 21.1 Å². The van der Waals surface area contributed by atoms with Crippen molar-refractivity contribution >= 4 is 29.9 Å². The number of carbonyl (C=O) groups is 1. The number of amides is 1. The summed E-state index contributed by atoms with van der Waals surface area (Å²) >= 11 is 6.51. The van der Waals surface area contributed by atoms with Gasteiger partial charge in [0, 0.05) is 37.3 Å². The molecule has 2 N–H and O–H groups in total. The molecule has 2 aliphatic rings. The lowest BCUT2D eigenvalue weighted by Crippen LogP contribution is -2.53. The van der Waals surface area contributed by atoms with Crippen LogP contribution in [0, 0.1) is 5.41 Å². The van der Waals surface area contributed by atoms with Crippen LogP contribution in [0.5, 0.6) is 0 Å². The molecule has 1 aromatic carbocycles. The minimum absolute atomic E-state index is 0. The number of hydrogen-bond donors (Lipinski definition) is 2. The number of halogens is 2. The van der Waals surface area contributed by atoms with Crippen LogP contribution in [0.25, 0.3) is 0 Å². The first-order valence-electron chi connectivity index (χ1n) is 9.43. The van der Waals surface area contributed by atoms with E-state index < -0.39 is 5.41 Å². The Morgan fingerprint density at radius 3 is 2.52 bits per heavy atom. The Kier molecular flexibility index (Phi) is 8.38. The Morgan fingerprint density at radius 2 is 1.89 bits per heavy atom. The number of carbonyl (C=O) groups excluding carboxylic acids is 1. The van der Waals surface area contributed by atoms with Crippen LogP contribution in [0.3, 0.4) is 0 Å². The highest BCUT2D eigenvalue weighted by Crippen LogP contribution is 2.38. The monoisotopic (exact) mass is 416 g/mol. The lowest BCUT2D eigenvalue weighted by atomic mass is 9.73. The van der Waals surface area contributed by atoms with Gasteiger partial charge in [-0.1, -0.05) is 29.8 Å². The molecule has 1 amide bonds. The average molecular weight is 417 g/mol. The Hall–Kier alpha value is -0.850. The fourth-order valence-electron chi connectivity index (χ4n) is 4.25. The van der Waals surface area contributed by atoms with E-state index >= 15 is 0 Å². The van der Waals surface area contributed by atoms with E-state index in [0.717, 1.165) is 49.4 Å². The molecule has 2 aliphatic heterocycles. The highest BCUT2D eigenvalue weighted by Gasteiger charge is 2.42. The molecule has 2 heterocycles. The molecule has 0 unspecified atom stereocenters. The molecule has 0 spiro atoms. The highest BCUT2D eigenvalue weighted by atomic mass is 35.5. The van der Waals surface area contributed by atoms with Crippen molar-refractivity contribution in [2.24, 2.45) is 5.41 Å². The van der Waals surface area contributed by atoms with Gasteiger partial charge < -0.3 is 20.1 Å². The second kappa shape index (κ2) is 10.1. The quantitative estimate of drug-likeness (QED) is 0.748. The lowest BCUT2D eigenvalue weighted by Gasteiger charge is -2.41. The van der Waals surface area contributed by atoms with Gasteiger partial charge in [0.05, 0.1) is 12.0 Å². The third kappa shape index (κ3) is 4.96. The zero-order chi connectivity index (χ0) is 18.5. The minimum Gasteiger partial charge on any atom is -0.384 e. The summed E-state index contributed by atoms with van der Waals surface area (Å²) in [6, 6.07) is 7.96. The molecule has 2 saturated heterocycles. The summed E-state index contributed by atoms with van der Waals surface area (Å²) in [6.07, 6.45) is 3.31. The Balaban J connectivity index is 0.00000261. The number of nitrogens with one attached hydrogen (secondary N) is 2. The minimum atomic E-state index is -0.438. The molecule has 7 heteroatoms. The normalized spacial score (nSPS) is 21.1. The molecule has 0 aromatic heterocycles. The van der Waals surface area contributed by atoms with Crippen molar-refractivity contribution in [1.29, 1.82) is 0 Å². The smallest absolute Gasteiger partial charge is 0.228 e. The Morgan fingerprint density at radius 1 is 1.22 bits per heavy atom. The molecule has 0 saturated carbocycles. The lowest BCUT2D eigenvalue weighted by molar-refractivity contribution is -0.136. The molecule has 0 radical (unpaired) electrons. The summed E-state index contributed by atoms with van der Waals surface area (Å²) in [7, 11) is 1.67. The van der Waals surface area contributed by atoms with Gasteiger partial charge in [-0.3, -0.25) is 4.79 Å². The van der Waals surface area contributed by atoms with Crippen LogP contribution in [0.1, 0.15) is 31.2 Å². The van der Waals surface area contributed by atoms with Crippen molar-refractivity contribution in [3.63, 3.8) is 0 Å². The zero-order valence-corrected chi connectivity index (χ0v) is 17.5. The second-order valence-corrected chi connectivity index (χ2v) is 7.93. The summed E-state index contributed by atoms with van der Waals surface area (Å²) in [6.45, 7) is 4.11. The van der Waals surface area contributed by atoms with Crippen molar-refractivity contribution in [2.45, 2.75) is 31.1 Å². The SMILES string of the molecule is COCC1(C(=O)NCC2(c3ccccc3Cl)CCOCC2)CCNCC1.Cl. The van der Waals surface area contributed by atoms with Crippen LogP contribution in [0.4, 0.5) is 0 Å². The van der Waals surface area contributed by atoms with Gasteiger partial charge in [-0.25, -0.2) is 0 Å². The van der Waals surface area contributed by atoms with Gasteiger partial charge in [-0.2, -0.15) is 0 Å². The van der Waals surface area contributed by atoms with Gasteiger partial charge in [0.2, 0.25) is 5.91 Å². The molecule has 5 nitrogen and oxygen atoms in total. The third-order valence-corrected chi connectivity index (χ3v) is 6.27. The van der Waals surface area contributed by atoms with Gasteiger partial charge in [-0.15, -0.1) is 12.4 Å². The van der Waals surface area contributed by atoms with Crippen LogP contribution in [-0.4, -0.2) is 52.5 Å². The van der Waals surface area contributed by atoms with Crippen LogP contribution in [0.15, 0.2) is 24.3 Å². The molecule has 0 aliphatic carbocycles. The number of piperidine rings is 1. The van der Waals surface area contributed by atoms with Crippen molar-refractivity contribution in [2.75, 3.05) is 46.6 Å². The summed E-state index contributed by atoms with van der Waals surface area (Å²) in [5.74, 6) is 0.0961. The fraction of sp³-hybridized carbons (Fsp3) is 0.650. The summed E-state index contributed by atoms with van der Waals surface area (Å²) in [4.78, 5) is 13.1. The van der Waals surface area contributed by atoms with Crippen molar-refractivity contribution in [1.82, 2.24) is 10.6 Å². The van der Waals surface area contributed by atoms with E-state index in [1.54, 1.807) is 7.11 Å². The van der Waals surface area contributed by atoms with Gasteiger partial charge in [0.15, 0.2) is 0 Å². The Bertz CT molecular complexity index is 609. The van der Waals surface area contributed by atoms with Gasteiger partial charge in [0.1, 0.15) is 0 Å². The second-order valence-electron chi connectivity index (χ2n) is 7.52. The highest BCUT2D eigenvalue weighted by molar-refractivity contribution is 6.31. The number of rotatable bonds is 6.